The van der Waals surface area contributed by atoms with E-state index in [4.69, 9.17) is 11.6 Å². The molecule has 2 aromatic rings. The van der Waals surface area contributed by atoms with Gasteiger partial charge in [0.05, 0.1) is 0 Å². The molecule has 0 amide bonds. The van der Waals surface area contributed by atoms with E-state index in [1.807, 2.05) is 12.3 Å². The van der Waals surface area contributed by atoms with E-state index < -0.39 is 0 Å². The number of hydrogen-bond donors (Lipinski definition) is 0. The first-order valence-electron chi connectivity index (χ1n) is 5.42. The first-order chi connectivity index (χ1) is 7.66. The third-order valence-corrected chi connectivity index (χ3v) is 3.53. The van der Waals surface area contributed by atoms with Crippen LogP contribution in [0.1, 0.15) is 23.1 Å². The van der Waals surface area contributed by atoms with Crippen LogP contribution in [0.3, 0.4) is 0 Å². The molecule has 1 aliphatic rings. The second-order valence-corrected chi connectivity index (χ2v) is 4.77. The van der Waals surface area contributed by atoms with E-state index in [-0.39, 0.29) is 0 Å². The number of aromatic nitrogens is 1. The highest BCUT2D eigenvalue weighted by molar-refractivity contribution is 6.30. The second kappa shape index (κ2) is 3.33. The SMILES string of the molecule is C=C1CCc2cc(C)c3cc(Cl)ncc3c21. The van der Waals surface area contributed by atoms with Crippen LogP contribution in [-0.2, 0) is 6.42 Å². The third kappa shape index (κ3) is 1.28. The molecule has 1 heterocycles. The van der Waals surface area contributed by atoms with E-state index in [2.05, 4.69) is 24.6 Å². The lowest BCUT2D eigenvalue weighted by atomic mass is 9.97. The van der Waals surface area contributed by atoms with Crippen LogP contribution in [0.25, 0.3) is 16.3 Å². The monoisotopic (exact) mass is 229 g/mol. The predicted octanol–water partition coefficient (Wildman–Crippen LogP) is 4.16. The summed E-state index contributed by atoms with van der Waals surface area (Å²) in [6, 6.07) is 4.20. The van der Waals surface area contributed by atoms with Crippen molar-refractivity contribution in [1.29, 1.82) is 0 Å². The van der Waals surface area contributed by atoms with Crippen molar-refractivity contribution in [2.24, 2.45) is 0 Å². The number of aryl methyl sites for hydroxylation is 2. The minimum absolute atomic E-state index is 0.555. The van der Waals surface area contributed by atoms with E-state index in [1.54, 1.807) is 0 Å². The average molecular weight is 230 g/mol. The number of fused-ring (bicyclic) bond motifs is 3. The number of pyridine rings is 1. The normalized spacial score (nSPS) is 14.5. The Morgan fingerprint density at radius 2 is 2.06 bits per heavy atom. The first-order valence-corrected chi connectivity index (χ1v) is 5.80. The molecular formula is C14H12ClN. The summed E-state index contributed by atoms with van der Waals surface area (Å²) < 4.78 is 0. The summed E-state index contributed by atoms with van der Waals surface area (Å²) in [5.41, 5.74) is 5.20. The lowest BCUT2D eigenvalue weighted by Gasteiger charge is -2.09. The summed E-state index contributed by atoms with van der Waals surface area (Å²) >= 11 is 5.94. The van der Waals surface area contributed by atoms with Crippen LogP contribution in [0.4, 0.5) is 0 Å². The molecule has 0 fully saturated rings. The zero-order valence-corrected chi connectivity index (χ0v) is 9.93. The van der Waals surface area contributed by atoms with Gasteiger partial charge < -0.3 is 0 Å². The summed E-state index contributed by atoms with van der Waals surface area (Å²) in [6.45, 7) is 6.26. The van der Waals surface area contributed by atoms with Crippen molar-refractivity contribution in [2.75, 3.05) is 0 Å². The molecule has 0 bridgehead atoms. The lowest BCUT2D eigenvalue weighted by molar-refractivity contribution is 1.08. The first kappa shape index (κ1) is 9.86. The molecule has 1 aromatic carbocycles. The Morgan fingerprint density at radius 1 is 1.25 bits per heavy atom. The van der Waals surface area contributed by atoms with Crippen molar-refractivity contribution in [1.82, 2.24) is 4.98 Å². The number of hydrogen-bond acceptors (Lipinski definition) is 1. The van der Waals surface area contributed by atoms with Crippen LogP contribution in [0, 0.1) is 6.92 Å². The fourth-order valence-corrected chi connectivity index (χ4v) is 2.72. The molecule has 0 aliphatic heterocycles. The largest absolute Gasteiger partial charge is 0.244 e. The molecule has 80 valence electrons. The molecule has 1 nitrogen and oxygen atoms in total. The van der Waals surface area contributed by atoms with Gasteiger partial charge in [0, 0.05) is 11.6 Å². The minimum Gasteiger partial charge on any atom is -0.244 e. The highest BCUT2D eigenvalue weighted by atomic mass is 35.5. The maximum absolute atomic E-state index is 5.94. The highest BCUT2D eigenvalue weighted by Gasteiger charge is 2.18. The van der Waals surface area contributed by atoms with Crippen molar-refractivity contribution in [3.05, 3.63) is 46.8 Å². The topological polar surface area (TPSA) is 12.9 Å². The summed E-state index contributed by atoms with van der Waals surface area (Å²) in [5.74, 6) is 0. The van der Waals surface area contributed by atoms with Gasteiger partial charge in [0.15, 0.2) is 0 Å². The van der Waals surface area contributed by atoms with Crippen molar-refractivity contribution in [3.8, 4) is 0 Å². The third-order valence-electron chi connectivity index (χ3n) is 3.33. The molecule has 0 unspecified atom stereocenters. The molecule has 0 saturated carbocycles. The molecule has 0 atom stereocenters. The van der Waals surface area contributed by atoms with Crippen molar-refractivity contribution in [2.45, 2.75) is 19.8 Å². The number of allylic oxidation sites excluding steroid dienone is 1. The maximum Gasteiger partial charge on any atom is 0.129 e. The molecule has 0 N–H and O–H groups in total. The van der Waals surface area contributed by atoms with Crippen molar-refractivity contribution >= 4 is 27.9 Å². The van der Waals surface area contributed by atoms with Crippen molar-refractivity contribution < 1.29 is 0 Å². The Labute approximate surface area is 99.8 Å². The van der Waals surface area contributed by atoms with E-state index in [0.717, 1.165) is 12.8 Å². The standard InChI is InChI=1S/C14H12ClN/c1-8-3-4-10-5-9(2)11-6-13(15)16-7-12(11)14(8)10/h5-7H,1,3-4H2,2H3. The summed E-state index contributed by atoms with van der Waals surface area (Å²) in [5, 5.41) is 2.95. The van der Waals surface area contributed by atoms with Crippen LogP contribution in [0.15, 0.2) is 24.9 Å². The van der Waals surface area contributed by atoms with E-state index in [0.29, 0.717) is 5.15 Å². The Hall–Kier alpha value is -1.34. The Balaban J connectivity index is 2.48. The van der Waals surface area contributed by atoms with Gasteiger partial charge in [-0.1, -0.05) is 24.2 Å². The lowest BCUT2D eigenvalue weighted by Crippen LogP contribution is -1.89. The van der Waals surface area contributed by atoms with Crippen LogP contribution in [-0.4, -0.2) is 4.98 Å². The van der Waals surface area contributed by atoms with E-state index >= 15 is 0 Å². The fraction of sp³-hybridized carbons (Fsp3) is 0.214. The summed E-state index contributed by atoms with van der Waals surface area (Å²) in [7, 11) is 0. The van der Waals surface area contributed by atoms with Gasteiger partial charge in [0.1, 0.15) is 5.15 Å². The van der Waals surface area contributed by atoms with Crippen LogP contribution in [0.2, 0.25) is 5.15 Å². The smallest absolute Gasteiger partial charge is 0.129 e. The van der Waals surface area contributed by atoms with E-state index in [1.165, 1.54) is 33.0 Å². The highest BCUT2D eigenvalue weighted by Crippen LogP contribution is 2.38. The summed E-state index contributed by atoms with van der Waals surface area (Å²) in [6.07, 6.45) is 4.05. The van der Waals surface area contributed by atoms with Crippen LogP contribution >= 0.6 is 11.6 Å². The van der Waals surface area contributed by atoms with Gasteiger partial charge in [-0.15, -0.1) is 0 Å². The molecule has 0 radical (unpaired) electrons. The summed E-state index contributed by atoms with van der Waals surface area (Å²) in [4.78, 5) is 4.18. The van der Waals surface area contributed by atoms with Gasteiger partial charge in [-0.05, 0) is 53.5 Å². The Bertz CT molecular complexity index is 614. The van der Waals surface area contributed by atoms with E-state index in [9.17, 15) is 0 Å². The molecule has 2 heteroatoms. The zero-order valence-electron chi connectivity index (χ0n) is 9.18. The Kier molecular flexibility index (Phi) is 2.05. The van der Waals surface area contributed by atoms with Gasteiger partial charge in [0.25, 0.3) is 0 Å². The fourth-order valence-electron chi connectivity index (χ4n) is 2.56. The van der Waals surface area contributed by atoms with Crippen molar-refractivity contribution in [3.63, 3.8) is 0 Å². The van der Waals surface area contributed by atoms with Gasteiger partial charge in [-0.25, -0.2) is 4.98 Å². The molecule has 3 rings (SSSR count). The maximum atomic E-state index is 5.94. The molecular weight excluding hydrogens is 218 g/mol. The van der Waals surface area contributed by atoms with Gasteiger partial charge in [0.2, 0.25) is 0 Å². The number of rotatable bonds is 0. The van der Waals surface area contributed by atoms with Gasteiger partial charge in [-0.3, -0.25) is 0 Å². The number of halogens is 1. The van der Waals surface area contributed by atoms with Gasteiger partial charge >= 0.3 is 0 Å². The molecule has 1 aromatic heterocycles. The quantitative estimate of drug-likeness (QED) is 0.619. The Morgan fingerprint density at radius 3 is 2.88 bits per heavy atom. The molecule has 16 heavy (non-hydrogen) atoms. The van der Waals surface area contributed by atoms with Crippen LogP contribution in [0.5, 0.6) is 0 Å². The van der Waals surface area contributed by atoms with Crippen LogP contribution < -0.4 is 0 Å². The molecule has 0 saturated heterocycles. The average Bonchev–Trinajstić information content (AvgIpc) is 2.61. The number of nitrogens with zero attached hydrogens (tertiary/aromatic N) is 1. The minimum atomic E-state index is 0.555. The predicted molar refractivity (Wildman–Crippen MR) is 68.8 cm³/mol. The molecule has 1 aliphatic carbocycles. The number of benzene rings is 1. The van der Waals surface area contributed by atoms with Gasteiger partial charge in [-0.2, -0.15) is 0 Å². The second-order valence-electron chi connectivity index (χ2n) is 4.38. The molecule has 0 spiro atoms. The zero-order chi connectivity index (χ0) is 11.3.